The number of aryl methyl sites for hydroxylation is 1. The van der Waals surface area contributed by atoms with Gasteiger partial charge >= 0.3 is 0 Å². The van der Waals surface area contributed by atoms with Crippen LogP contribution in [0.2, 0.25) is 0 Å². The number of benzene rings is 2. The highest BCUT2D eigenvalue weighted by Gasteiger charge is 2.25. The van der Waals surface area contributed by atoms with E-state index in [4.69, 9.17) is 0 Å². The van der Waals surface area contributed by atoms with Crippen LogP contribution in [0.25, 0.3) is 33.1 Å². The SMILES string of the molecule is CN1CCC(N2C=CC=C(Nc3cc(-c4cc(F)c5ccn(C)c5c4)c4nccnc4c3)C2)C1. The van der Waals surface area contributed by atoms with Crippen molar-refractivity contribution in [3.63, 3.8) is 0 Å². The number of allylic oxidation sites excluding steroid dienone is 2. The highest BCUT2D eigenvalue weighted by atomic mass is 19.1. The van der Waals surface area contributed by atoms with E-state index in [9.17, 15) is 4.39 Å². The van der Waals surface area contributed by atoms with Crippen molar-refractivity contribution < 1.29 is 4.39 Å². The normalized spacial score (nSPS) is 18.7. The van der Waals surface area contributed by atoms with Gasteiger partial charge in [-0.05, 0) is 74.3 Å². The average molecular weight is 455 g/mol. The zero-order valence-electron chi connectivity index (χ0n) is 19.4. The fourth-order valence-corrected chi connectivity index (χ4v) is 5.12. The fraction of sp³-hybridized carbons (Fsp3) is 0.259. The Bertz CT molecular complexity index is 1450. The Balaban J connectivity index is 1.37. The minimum atomic E-state index is -0.235. The number of anilines is 1. The number of hydrogen-bond acceptors (Lipinski definition) is 5. The molecule has 0 aliphatic carbocycles. The van der Waals surface area contributed by atoms with Gasteiger partial charge < -0.3 is 19.7 Å². The number of nitrogens with zero attached hydrogens (tertiary/aromatic N) is 5. The van der Waals surface area contributed by atoms with E-state index < -0.39 is 0 Å². The number of rotatable bonds is 4. The highest BCUT2D eigenvalue weighted by Crippen LogP contribution is 2.34. The van der Waals surface area contributed by atoms with E-state index in [0.29, 0.717) is 11.4 Å². The zero-order chi connectivity index (χ0) is 23.2. The third kappa shape index (κ3) is 3.72. The Morgan fingerprint density at radius 3 is 2.82 bits per heavy atom. The Labute approximate surface area is 198 Å². The summed E-state index contributed by atoms with van der Waals surface area (Å²) >= 11 is 0. The molecule has 4 aromatic rings. The van der Waals surface area contributed by atoms with Gasteiger partial charge in [-0.2, -0.15) is 0 Å². The van der Waals surface area contributed by atoms with Crippen molar-refractivity contribution in [1.82, 2.24) is 24.3 Å². The third-order valence-electron chi connectivity index (χ3n) is 6.91. The number of aromatic nitrogens is 3. The first-order chi connectivity index (χ1) is 16.5. The molecule has 0 radical (unpaired) electrons. The van der Waals surface area contributed by atoms with Crippen LogP contribution in [0.3, 0.4) is 0 Å². The van der Waals surface area contributed by atoms with Crippen molar-refractivity contribution in [3.8, 4) is 11.1 Å². The van der Waals surface area contributed by atoms with Crippen molar-refractivity contribution in [2.45, 2.75) is 12.5 Å². The summed E-state index contributed by atoms with van der Waals surface area (Å²) < 4.78 is 16.9. The van der Waals surface area contributed by atoms with E-state index in [1.807, 2.05) is 36.0 Å². The minimum absolute atomic E-state index is 0.235. The van der Waals surface area contributed by atoms with E-state index in [1.54, 1.807) is 24.5 Å². The van der Waals surface area contributed by atoms with E-state index in [1.165, 1.54) is 6.42 Å². The molecule has 4 heterocycles. The smallest absolute Gasteiger partial charge is 0.133 e. The summed E-state index contributed by atoms with van der Waals surface area (Å²) in [4.78, 5) is 13.9. The maximum absolute atomic E-state index is 14.9. The molecule has 1 saturated heterocycles. The molecule has 0 amide bonds. The van der Waals surface area contributed by atoms with Gasteiger partial charge in [0.15, 0.2) is 0 Å². The molecule has 0 saturated carbocycles. The Hall–Kier alpha value is -3.71. The predicted octanol–water partition coefficient (Wildman–Crippen LogP) is 4.76. The Kier molecular flexibility index (Phi) is 5.07. The molecule has 2 aromatic carbocycles. The van der Waals surface area contributed by atoms with Crippen LogP contribution in [-0.2, 0) is 7.05 Å². The first-order valence-electron chi connectivity index (χ1n) is 11.6. The molecule has 6 rings (SSSR count). The molecule has 1 fully saturated rings. The second-order valence-corrected chi connectivity index (χ2v) is 9.30. The number of nitrogens with one attached hydrogen (secondary N) is 1. The van der Waals surface area contributed by atoms with Gasteiger partial charge in [0.05, 0.1) is 23.1 Å². The molecule has 2 aromatic heterocycles. The molecular formula is C27H27FN6. The largest absolute Gasteiger partial charge is 0.367 e. The summed E-state index contributed by atoms with van der Waals surface area (Å²) in [6, 6.07) is 10.0. The second-order valence-electron chi connectivity index (χ2n) is 9.30. The molecule has 34 heavy (non-hydrogen) atoms. The zero-order valence-corrected chi connectivity index (χ0v) is 19.4. The van der Waals surface area contributed by atoms with Crippen LogP contribution >= 0.6 is 0 Å². The van der Waals surface area contributed by atoms with Crippen molar-refractivity contribution in [3.05, 3.63) is 78.8 Å². The molecule has 2 aliphatic heterocycles. The number of halogens is 1. The topological polar surface area (TPSA) is 49.2 Å². The lowest BCUT2D eigenvalue weighted by molar-refractivity contribution is 0.288. The van der Waals surface area contributed by atoms with Gasteiger partial charge in [-0.15, -0.1) is 0 Å². The van der Waals surface area contributed by atoms with Crippen LogP contribution in [0.5, 0.6) is 0 Å². The summed E-state index contributed by atoms with van der Waals surface area (Å²) in [6.45, 7) is 3.05. The summed E-state index contributed by atoms with van der Waals surface area (Å²) in [5.74, 6) is -0.235. The summed E-state index contributed by atoms with van der Waals surface area (Å²) in [5, 5.41) is 4.21. The average Bonchev–Trinajstić information content (AvgIpc) is 3.45. The minimum Gasteiger partial charge on any atom is -0.367 e. The van der Waals surface area contributed by atoms with Crippen molar-refractivity contribution >= 4 is 27.6 Å². The molecular weight excluding hydrogens is 427 g/mol. The van der Waals surface area contributed by atoms with E-state index in [-0.39, 0.29) is 5.82 Å². The number of fused-ring (bicyclic) bond motifs is 2. The van der Waals surface area contributed by atoms with E-state index >= 15 is 0 Å². The fourth-order valence-electron chi connectivity index (χ4n) is 5.12. The van der Waals surface area contributed by atoms with Crippen LogP contribution < -0.4 is 5.32 Å². The van der Waals surface area contributed by atoms with Crippen LogP contribution in [0, 0.1) is 5.82 Å². The van der Waals surface area contributed by atoms with Gasteiger partial charge in [-0.1, -0.05) is 0 Å². The molecule has 2 aliphatic rings. The first kappa shape index (κ1) is 20.9. The van der Waals surface area contributed by atoms with Gasteiger partial charge in [0, 0.05) is 60.6 Å². The molecule has 7 heteroatoms. The number of likely N-dealkylation sites (tertiary alicyclic amines) is 1. The molecule has 6 nitrogen and oxygen atoms in total. The van der Waals surface area contributed by atoms with Crippen molar-refractivity contribution in [1.29, 1.82) is 0 Å². The maximum Gasteiger partial charge on any atom is 0.133 e. The van der Waals surface area contributed by atoms with E-state index in [0.717, 1.165) is 58.7 Å². The van der Waals surface area contributed by atoms with Crippen LogP contribution in [0.1, 0.15) is 6.42 Å². The first-order valence-corrected chi connectivity index (χ1v) is 11.6. The Morgan fingerprint density at radius 2 is 1.97 bits per heavy atom. The van der Waals surface area contributed by atoms with Crippen LogP contribution in [0.15, 0.2) is 73.0 Å². The summed E-state index contributed by atoms with van der Waals surface area (Å²) in [7, 11) is 4.11. The van der Waals surface area contributed by atoms with Gasteiger partial charge in [-0.25, -0.2) is 4.39 Å². The van der Waals surface area contributed by atoms with Crippen molar-refractivity contribution in [2.75, 3.05) is 32.0 Å². The van der Waals surface area contributed by atoms with Crippen LogP contribution in [0.4, 0.5) is 10.1 Å². The maximum atomic E-state index is 14.9. The van der Waals surface area contributed by atoms with Gasteiger partial charge in [-0.3, -0.25) is 9.97 Å². The molecule has 172 valence electrons. The van der Waals surface area contributed by atoms with Crippen LogP contribution in [-0.4, -0.2) is 57.1 Å². The lowest BCUT2D eigenvalue weighted by Gasteiger charge is -2.31. The summed E-state index contributed by atoms with van der Waals surface area (Å²) in [6.07, 6.45) is 12.8. The molecule has 0 bridgehead atoms. The third-order valence-corrected chi connectivity index (χ3v) is 6.91. The lowest BCUT2D eigenvalue weighted by atomic mass is 10.0. The molecule has 1 unspecified atom stereocenters. The second kappa shape index (κ2) is 8.25. The highest BCUT2D eigenvalue weighted by molar-refractivity contribution is 5.97. The van der Waals surface area contributed by atoms with Gasteiger partial charge in [0.1, 0.15) is 5.82 Å². The predicted molar refractivity (Wildman–Crippen MR) is 135 cm³/mol. The van der Waals surface area contributed by atoms with E-state index in [2.05, 4.69) is 50.5 Å². The number of likely N-dealkylation sites (N-methyl/N-ethyl adjacent to an activating group) is 1. The standard InChI is InChI=1S/C27H27FN6/c1-32-10-5-21(17-32)34-9-3-4-19(16-34)31-20-14-23(27-25(15-20)29-7-8-30-27)18-12-24(28)22-6-11-33(2)26(22)13-18/h3-4,6-9,11-15,21,31H,5,10,16-17H2,1-2H3. The summed E-state index contributed by atoms with van der Waals surface area (Å²) in [5.41, 5.74) is 6.06. The lowest BCUT2D eigenvalue weighted by Crippen LogP contribution is -2.36. The Morgan fingerprint density at radius 1 is 1.09 bits per heavy atom. The quantitative estimate of drug-likeness (QED) is 0.482. The molecule has 0 spiro atoms. The van der Waals surface area contributed by atoms with Gasteiger partial charge in [0.25, 0.3) is 0 Å². The van der Waals surface area contributed by atoms with Crippen molar-refractivity contribution in [2.24, 2.45) is 7.05 Å². The van der Waals surface area contributed by atoms with Gasteiger partial charge in [0.2, 0.25) is 0 Å². The molecule has 1 atom stereocenters. The monoisotopic (exact) mass is 454 g/mol. The number of hydrogen-bond donors (Lipinski definition) is 1. The molecule has 1 N–H and O–H groups in total.